The minimum atomic E-state index is -3.53. The van der Waals surface area contributed by atoms with Crippen molar-refractivity contribution in [3.8, 4) is 0 Å². The van der Waals surface area contributed by atoms with Gasteiger partial charge < -0.3 is 5.32 Å². The molecule has 0 aromatic carbocycles. The summed E-state index contributed by atoms with van der Waals surface area (Å²) in [4.78, 5) is 0.122. The molecule has 1 aromatic rings. The fourth-order valence-corrected chi connectivity index (χ4v) is 5.66. The molecule has 1 saturated heterocycles. The van der Waals surface area contributed by atoms with Crippen molar-refractivity contribution >= 4 is 44.6 Å². The third kappa shape index (κ3) is 3.09. The summed E-state index contributed by atoms with van der Waals surface area (Å²) in [7, 11) is -1.63. The summed E-state index contributed by atoms with van der Waals surface area (Å²) in [5, 5.41) is 3.24. The molecule has 0 unspecified atom stereocenters. The van der Waals surface area contributed by atoms with Crippen molar-refractivity contribution in [1.29, 1.82) is 0 Å². The number of rotatable bonds is 3. The molecule has 108 valence electrons. The van der Waals surface area contributed by atoms with Gasteiger partial charge in [0.25, 0.3) is 0 Å². The molecule has 1 N–H and O–H groups in total. The van der Waals surface area contributed by atoms with Gasteiger partial charge in [0.2, 0.25) is 10.0 Å². The molecule has 4 nitrogen and oxygen atoms in total. The third-order valence-electron chi connectivity index (χ3n) is 3.67. The molecular weight excluding hydrogens is 327 g/mol. The maximum absolute atomic E-state index is 12.5. The third-order valence-corrected chi connectivity index (χ3v) is 7.32. The van der Waals surface area contributed by atoms with Crippen LogP contribution in [0.15, 0.2) is 11.0 Å². The summed E-state index contributed by atoms with van der Waals surface area (Å²) in [5.41, 5.74) is 0.00209. The SMILES string of the molecule is CNC1(C)CCN(S(=O)(=O)c2cc(Cl)sc2Cl)CC1. The van der Waals surface area contributed by atoms with Gasteiger partial charge in [0.05, 0.1) is 4.34 Å². The van der Waals surface area contributed by atoms with Gasteiger partial charge in [-0.25, -0.2) is 8.42 Å². The van der Waals surface area contributed by atoms with Crippen molar-refractivity contribution in [1.82, 2.24) is 9.62 Å². The summed E-state index contributed by atoms with van der Waals surface area (Å²) in [5.74, 6) is 0. The highest BCUT2D eigenvalue weighted by molar-refractivity contribution is 7.89. The first-order valence-electron chi connectivity index (χ1n) is 5.92. The van der Waals surface area contributed by atoms with Crippen LogP contribution in [0.25, 0.3) is 0 Å². The van der Waals surface area contributed by atoms with Crippen LogP contribution in [-0.2, 0) is 10.0 Å². The number of halogens is 2. The van der Waals surface area contributed by atoms with Crippen LogP contribution in [-0.4, -0.2) is 38.4 Å². The lowest BCUT2D eigenvalue weighted by atomic mass is 9.91. The van der Waals surface area contributed by atoms with Crippen molar-refractivity contribution < 1.29 is 8.42 Å². The second-order valence-electron chi connectivity index (χ2n) is 4.90. The Kier molecular flexibility index (Phi) is 4.50. The summed E-state index contributed by atoms with van der Waals surface area (Å²) in [6, 6.07) is 1.43. The number of nitrogens with zero attached hydrogens (tertiary/aromatic N) is 1. The first-order valence-corrected chi connectivity index (χ1v) is 8.94. The molecule has 1 fully saturated rings. The van der Waals surface area contributed by atoms with E-state index in [1.54, 1.807) is 0 Å². The lowest BCUT2D eigenvalue weighted by molar-refractivity contribution is 0.219. The Morgan fingerprint density at radius 3 is 2.37 bits per heavy atom. The second-order valence-corrected chi connectivity index (χ2v) is 9.10. The predicted molar refractivity (Wildman–Crippen MR) is 79.8 cm³/mol. The smallest absolute Gasteiger partial charge is 0.245 e. The highest BCUT2D eigenvalue weighted by Gasteiger charge is 2.35. The fourth-order valence-electron chi connectivity index (χ4n) is 2.11. The lowest BCUT2D eigenvalue weighted by Crippen LogP contribution is -2.51. The van der Waals surface area contributed by atoms with Crippen LogP contribution in [0.1, 0.15) is 19.8 Å². The summed E-state index contributed by atoms with van der Waals surface area (Å²) in [6.07, 6.45) is 1.55. The van der Waals surface area contributed by atoms with E-state index in [2.05, 4.69) is 12.2 Å². The van der Waals surface area contributed by atoms with E-state index >= 15 is 0 Å². The molecule has 0 saturated carbocycles. The van der Waals surface area contributed by atoms with E-state index in [9.17, 15) is 8.42 Å². The van der Waals surface area contributed by atoms with E-state index in [0.29, 0.717) is 17.4 Å². The van der Waals surface area contributed by atoms with Crippen molar-refractivity contribution in [2.45, 2.75) is 30.2 Å². The number of piperidine rings is 1. The van der Waals surface area contributed by atoms with Gasteiger partial charge in [0.15, 0.2) is 0 Å². The monoisotopic (exact) mass is 342 g/mol. The zero-order valence-electron chi connectivity index (χ0n) is 10.7. The Labute approximate surface area is 127 Å². The molecule has 0 radical (unpaired) electrons. The first-order chi connectivity index (χ1) is 8.78. The Bertz CT molecular complexity index is 563. The Morgan fingerprint density at radius 1 is 1.37 bits per heavy atom. The minimum absolute atomic E-state index is 0.00209. The van der Waals surface area contributed by atoms with E-state index in [-0.39, 0.29) is 14.8 Å². The van der Waals surface area contributed by atoms with Crippen molar-refractivity contribution in [2.75, 3.05) is 20.1 Å². The van der Waals surface area contributed by atoms with E-state index in [4.69, 9.17) is 23.2 Å². The highest BCUT2D eigenvalue weighted by atomic mass is 35.5. The minimum Gasteiger partial charge on any atom is -0.314 e. The molecule has 2 rings (SSSR count). The van der Waals surface area contributed by atoms with Crippen molar-refractivity contribution in [3.63, 3.8) is 0 Å². The van der Waals surface area contributed by atoms with Gasteiger partial charge in [-0.3, -0.25) is 0 Å². The number of hydrogen-bond donors (Lipinski definition) is 1. The Balaban J connectivity index is 2.21. The molecule has 0 amide bonds. The molecule has 1 aliphatic rings. The zero-order chi connectivity index (χ0) is 14.3. The number of thiophene rings is 1. The largest absolute Gasteiger partial charge is 0.314 e. The van der Waals surface area contributed by atoms with Gasteiger partial charge >= 0.3 is 0 Å². The quantitative estimate of drug-likeness (QED) is 0.918. The van der Waals surface area contributed by atoms with Crippen molar-refractivity contribution in [3.05, 3.63) is 14.7 Å². The average molecular weight is 343 g/mol. The number of hydrogen-bond acceptors (Lipinski definition) is 4. The van der Waals surface area contributed by atoms with Crippen LogP contribution in [0.5, 0.6) is 0 Å². The molecule has 0 spiro atoms. The van der Waals surface area contributed by atoms with Crippen LogP contribution >= 0.6 is 34.5 Å². The topological polar surface area (TPSA) is 49.4 Å². The van der Waals surface area contributed by atoms with Crippen LogP contribution in [0.3, 0.4) is 0 Å². The predicted octanol–water partition coefficient (Wildman–Crippen LogP) is 2.82. The number of sulfonamides is 1. The van der Waals surface area contributed by atoms with Gasteiger partial charge in [-0.15, -0.1) is 11.3 Å². The number of nitrogens with one attached hydrogen (secondary N) is 1. The molecule has 1 aromatic heterocycles. The van der Waals surface area contributed by atoms with E-state index < -0.39 is 10.0 Å². The summed E-state index contributed by atoms with van der Waals surface area (Å²) >= 11 is 12.8. The van der Waals surface area contributed by atoms with Gasteiger partial charge in [0, 0.05) is 18.6 Å². The molecule has 2 heterocycles. The zero-order valence-corrected chi connectivity index (χ0v) is 13.9. The first kappa shape index (κ1) is 15.5. The van der Waals surface area contributed by atoms with Gasteiger partial charge in [-0.05, 0) is 32.9 Å². The molecular formula is C11H16Cl2N2O2S2. The van der Waals surface area contributed by atoms with Gasteiger partial charge in [-0.2, -0.15) is 4.31 Å². The van der Waals surface area contributed by atoms with Gasteiger partial charge in [-0.1, -0.05) is 23.2 Å². The van der Waals surface area contributed by atoms with Crippen LogP contribution in [0.4, 0.5) is 0 Å². The maximum atomic E-state index is 12.5. The Morgan fingerprint density at radius 2 is 1.95 bits per heavy atom. The molecule has 0 atom stereocenters. The molecule has 0 aliphatic carbocycles. The molecule has 8 heteroatoms. The maximum Gasteiger partial charge on any atom is 0.245 e. The van der Waals surface area contributed by atoms with Crippen molar-refractivity contribution in [2.24, 2.45) is 0 Å². The molecule has 0 bridgehead atoms. The van der Waals surface area contributed by atoms with E-state index in [0.717, 1.165) is 24.2 Å². The highest BCUT2D eigenvalue weighted by Crippen LogP contribution is 2.37. The standard InChI is InChI=1S/C11H16Cl2N2O2S2/c1-11(14-2)3-5-15(6-4-11)19(16,17)8-7-9(12)18-10(8)13/h7,14H,3-6H2,1-2H3. The lowest BCUT2D eigenvalue weighted by Gasteiger charge is -2.38. The summed E-state index contributed by atoms with van der Waals surface area (Å²) in [6.45, 7) is 3.08. The van der Waals surface area contributed by atoms with E-state index in [1.807, 2.05) is 7.05 Å². The molecule has 1 aliphatic heterocycles. The average Bonchev–Trinajstić information content (AvgIpc) is 2.70. The normalized spacial score (nSPS) is 20.6. The van der Waals surface area contributed by atoms with Gasteiger partial charge in [0.1, 0.15) is 9.23 Å². The van der Waals surface area contributed by atoms with Crippen LogP contribution in [0.2, 0.25) is 8.67 Å². The Hall–Kier alpha value is 0.150. The van der Waals surface area contributed by atoms with E-state index in [1.165, 1.54) is 10.4 Å². The molecule has 19 heavy (non-hydrogen) atoms. The summed E-state index contributed by atoms with van der Waals surface area (Å²) < 4.78 is 27.1. The second kappa shape index (κ2) is 5.50. The fraction of sp³-hybridized carbons (Fsp3) is 0.636. The van der Waals surface area contributed by atoms with Crippen LogP contribution in [0, 0.1) is 0 Å². The van der Waals surface area contributed by atoms with Crippen LogP contribution < -0.4 is 5.32 Å².